The van der Waals surface area contributed by atoms with E-state index in [1.54, 1.807) is 6.07 Å². The SMILES string of the molecule is CC(C)CC1(CNC(=O)c2coc(CN)c2)CCCC1. The van der Waals surface area contributed by atoms with Crippen molar-refractivity contribution < 1.29 is 9.21 Å². The van der Waals surface area contributed by atoms with Crippen molar-refractivity contribution in [3.63, 3.8) is 0 Å². The minimum absolute atomic E-state index is 0.0523. The third-order valence-corrected chi connectivity index (χ3v) is 4.25. The van der Waals surface area contributed by atoms with E-state index in [9.17, 15) is 4.79 Å². The molecule has 3 N–H and O–H groups in total. The first kappa shape index (κ1) is 15.1. The highest BCUT2D eigenvalue weighted by Gasteiger charge is 2.34. The number of nitrogens with one attached hydrogen (secondary N) is 1. The zero-order valence-corrected chi connectivity index (χ0v) is 12.6. The molecule has 0 unspecified atom stereocenters. The van der Waals surface area contributed by atoms with Crippen molar-refractivity contribution in [3.8, 4) is 0 Å². The van der Waals surface area contributed by atoms with Crippen LogP contribution in [0.5, 0.6) is 0 Å². The number of carbonyl (C=O) groups excluding carboxylic acids is 1. The van der Waals surface area contributed by atoms with Crippen LogP contribution >= 0.6 is 0 Å². The number of hydrogen-bond donors (Lipinski definition) is 2. The molecule has 1 aromatic rings. The summed E-state index contributed by atoms with van der Waals surface area (Å²) < 4.78 is 5.21. The van der Waals surface area contributed by atoms with Gasteiger partial charge in [-0.15, -0.1) is 0 Å². The van der Waals surface area contributed by atoms with Crippen LogP contribution in [0.15, 0.2) is 16.7 Å². The lowest BCUT2D eigenvalue weighted by Gasteiger charge is -2.31. The van der Waals surface area contributed by atoms with Gasteiger partial charge >= 0.3 is 0 Å². The maximum Gasteiger partial charge on any atom is 0.254 e. The number of furan rings is 1. The van der Waals surface area contributed by atoms with E-state index in [1.165, 1.54) is 38.4 Å². The van der Waals surface area contributed by atoms with Crippen LogP contribution < -0.4 is 11.1 Å². The quantitative estimate of drug-likeness (QED) is 0.840. The van der Waals surface area contributed by atoms with Crippen LogP contribution in [0.4, 0.5) is 0 Å². The van der Waals surface area contributed by atoms with E-state index in [0.717, 1.165) is 6.54 Å². The standard InChI is InChI=1S/C16H26N2O2/c1-12(2)8-16(5-3-4-6-16)11-18-15(19)13-7-14(9-17)20-10-13/h7,10,12H,3-6,8-9,11,17H2,1-2H3,(H,18,19). The molecular formula is C16H26N2O2. The number of rotatable bonds is 6. The molecule has 1 aliphatic carbocycles. The Kier molecular flexibility index (Phi) is 4.86. The molecular weight excluding hydrogens is 252 g/mol. The Hall–Kier alpha value is -1.29. The zero-order valence-electron chi connectivity index (χ0n) is 12.6. The molecule has 1 heterocycles. The second-order valence-corrected chi connectivity index (χ2v) is 6.49. The summed E-state index contributed by atoms with van der Waals surface area (Å²) in [7, 11) is 0. The Labute approximate surface area is 121 Å². The second-order valence-electron chi connectivity index (χ2n) is 6.49. The first-order chi connectivity index (χ1) is 9.54. The summed E-state index contributed by atoms with van der Waals surface area (Å²) in [6, 6.07) is 1.72. The molecule has 2 rings (SSSR count). The Balaban J connectivity index is 1.93. The van der Waals surface area contributed by atoms with Gasteiger partial charge in [0, 0.05) is 6.54 Å². The summed E-state index contributed by atoms with van der Waals surface area (Å²) in [6.45, 7) is 5.61. The molecule has 20 heavy (non-hydrogen) atoms. The molecule has 112 valence electrons. The molecule has 0 atom stereocenters. The Bertz CT molecular complexity index is 445. The van der Waals surface area contributed by atoms with Gasteiger partial charge in [0.25, 0.3) is 5.91 Å². The van der Waals surface area contributed by atoms with E-state index in [4.69, 9.17) is 10.2 Å². The number of amides is 1. The minimum atomic E-state index is -0.0523. The third-order valence-electron chi connectivity index (χ3n) is 4.25. The molecule has 0 radical (unpaired) electrons. The summed E-state index contributed by atoms with van der Waals surface area (Å²) in [6.07, 6.45) is 7.70. The molecule has 4 heteroatoms. The van der Waals surface area contributed by atoms with E-state index in [2.05, 4.69) is 19.2 Å². The molecule has 1 aliphatic rings. The van der Waals surface area contributed by atoms with Gasteiger partial charge in [-0.1, -0.05) is 26.7 Å². The smallest absolute Gasteiger partial charge is 0.254 e. The number of carbonyl (C=O) groups is 1. The summed E-state index contributed by atoms with van der Waals surface area (Å²) in [4.78, 5) is 12.1. The highest BCUT2D eigenvalue weighted by atomic mass is 16.3. The maximum absolute atomic E-state index is 12.1. The average molecular weight is 278 g/mol. The molecule has 4 nitrogen and oxygen atoms in total. The molecule has 1 fully saturated rings. The van der Waals surface area contributed by atoms with Crippen molar-refractivity contribution in [2.24, 2.45) is 17.1 Å². The van der Waals surface area contributed by atoms with Gasteiger partial charge in [-0.3, -0.25) is 4.79 Å². The van der Waals surface area contributed by atoms with Gasteiger partial charge in [-0.25, -0.2) is 0 Å². The van der Waals surface area contributed by atoms with Crippen LogP contribution in [-0.2, 0) is 6.54 Å². The average Bonchev–Trinajstić information content (AvgIpc) is 3.04. The van der Waals surface area contributed by atoms with Gasteiger partial charge in [0.2, 0.25) is 0 Å². The first-order valence-electron chi connectivity index (χ1n) is 7.60. The summed E-state index contributed by atoms with van der Waals surface area (Å²) in [5.74, 6) is 1.26. The predicted octanol–water partition coefficient (Wildman–Crippen LogP) is 3.07. The van der Waals surface area contributed by atoms with Gasteiger partial charge in [0.05, 0.1) is 12.1 Å². The van der Waals surface area contributed by atoms with Crippen LogP contribution in [0, 0.1) is 11.3 Å². The lowest BCUT2D eigenvalue weighted by molar-refractivity contribution is 0.0921. The highest BCUT2D eigenvalue weighted by molar-refractivity contribution is 5.93. The molecule has 0 saturated heterocycles. The number of hydrogen-bond acceptors (Lipinski definition) is 3. The van der Waals surface area contributed by atoms with Gasteiger partial charge < -0.3 is 15.5 Å². The lowest BCUT2D eigenvalue weighted by Crippen LogP contribution is -2.36. The Morgan fingerprint density at radius 2 is 2.15 bits per heavy atom. The van der Waals surface area contributed by atoms with Gasteiger partial charge in [0.15, 0.2) is 0 Å². The summed E-state index contributed by atoms with van der Waals surface area (Å²) in [5, 5.41) is 3.08. The fourth-order valence-electron chi connectivity index (χ4n) is 3.42. The van der Waals surface area contributed by atoms with Crippen molar-refractivity contribution in [2.75, 3.05) is 6.54 Å². The minimum Gasteiger partial charge on any atom is -0.467 e. The number of nitrogens with two attached hydrogens (primary N) is 1. The topological polar surface area (TPSA) is 68.3 Å². The second kappa shape index (κ2) is 6.44. The monoisotopic (exact) mass is 278 g/mol. The van der Waals surface area contributed by atoms with Crippen LogP contribution in [-0.4, -0.2) is 12.5 Å². The maximum atomic E-state index is 12.1. The molecule has 0 aliphatic heterocycles. The third kappa shape index (κ3) is 3.63. The van der Waals surface area contributed by atoms with E-state index in [0.29, 0.717) is 29.2 Å². The first-order valence-corrected chi connectivity index (χ1v) is 7.60. The molecule has 0 aromatic carbocycles. The Morgan fingerprint density at radius 3 is 2.70 bits per heavy atom. The zero-order chi connectivity index (χ0) is 14.6. The van der Waals surface area contributed by atoms with Gasteiger partial charge in [-0.05, 0) is 36.7 Å². The van der Waals surface area contributed by atoms with Crippen LogP contribution in [0.3, 0.4) is 0 Å². The van der Waals surface area contributed by atoms with Crippen LogP contribution in [0.2, 0.25) is 0 Å². The van der Waals surface area contributed by atoms with Crippen molar-refractivity contribution >= 4 is 5.91 Å². The van der Waals surface area contributed by atoms with Crippen molar-refractivity contribution in [1.29, 1.82) is 0 Å². The molecule has 0 bridgehead atoms. The summed E-state index contributed by atoms with van der Waals surface area (Å²) in [5.41, 5.74) is 6.36. The fourth-order valence-corrected chi connectivity index (χ4v) is 3.42. The van der Waals surface area contributed by atoms with Gasteiger partial charge in [0.1, 0.15) is 12.0 Å². The van der Waals surface area contributed by atoms with E-state index in [1.807, 2.05) is 0 Å². The van der Waals surface area contributed by atoms with Gasteiger partial charge in [-0.2, -0.15) is 0 Å². The normalized spacial score (nSPS) is 17.6. The molecule has 1 saturated carbocycles. The van der Waals surface area contributed by atoms with Crippen LogP contribution in [0.25, 0.3) is 0 Å². The van der Waals surface area contributed by atoms with Crippen molar-refractivity contribution in [3.05, 3.63) is 23.7 Å². The Morgan fingerprint density at radius 1 is 1.45 bits per heavy atom. The highest BCUT2D eigenvalue weighted by Crippen LogP contribution is 2.42. The fraction of sp³-hybridized carbons (Fsp3) is 0.688. The van der Waals surface area contributed by atoms with E-state index in [-0.39, 0.29) is 5.91 Å². The molecule has 0 spiro atoms. The van der Waals surface area contributed by atoms with Crippen molar-refractivity contribution in [2.45, 2.75) is 52.5 Å². The van der Waals surface area contributed by atoms with E-state index < -0.39 is 0 Å². The summed E-state index contributed by atoms with van der Waals surface area (Å²) >= 11 is 0. The molecule has 1 amide bonds. The van der Waals surface area contributed by atoms with Crippen molar-refractivity contribution in [1.82, 2.24) is 5.32 Å². The van der Waals surface area contributed by atoms with E-state index >= 15 is 0 Å². The molecule has 1 aromatic heterocycles. The lowest BCUT2D eigenvalue weighted by atomic mass is 9.78. The van der Waals surface area contributed by atoms with Crippen LogP contribution in [0.1, 0.15) is 62.1 Å². The predicted molar refractivity (Wildman–Crippen MR) is 79.3 cm³/mol. The largest absolute Gasteiger partial charge is 0.467 e.